The molecule has 2 aromatic carbocycles. The Bertz CT molecular complexity index is 1350. The number of aliphatic carboxylic acids is 1. The van der Waals surface area contributed by atoms with Crippen molar-refractivity contribution in [3.63, 3.8) is 0 Å². The number of carbonyl (C=O) groups is 3. The molecule has 0 bridgehead atoms. The van der Waals surface area contributed by atoms with Gasteiger partial charge in [-0.1, -0.05) is 30.9 Å². The van der Waals surface area contributed by atoms with Crippen molar-refractivity contribution in [1.29, 1.82) is 0 Å². The summed E-state index contributed by atoms with van der Waals surface area (Å²) in [6.07, 6.45) is 2.13. The van der Waals surface area contributed by atoms with Crippen LogP contribution in [0.1, 0.15) is 48.9 Å². The first-order valence-electron chi connectivity index (χ1n) is 12.5. The van der Waals surface area contributed by atoms with Crippen LogP contribution in [0.3, 0.4) is 0 Å². The molecular formula is C26H28ClF2N3O6S. The number of rotatable bonds is 8. The van der Waals surface area contributed by atoms with Crippen molar-refractivity contribution in [2.75, 3.05) is 13.1 Å². The fourth-order valence-corrected chi connectivity index (χ4v) is 7.01. The van der Waals surface area contributed by atoms with Crippen LogP contribution in [0.15, 0.2) is 47.4 Å². The van der Waals surface area contributed by atoms with E-state index in [9.17, 15) is 36.7 Å². The van der Waals surface area contributed by atoms with E-state index in [1.54, 1.807) is 0 Å². The third-order valence-corrected chi connectivity index (χ3v) is 9.29. The number of amides is 2. The summed E-state index contributed by atoms with van der Waals surface area (Å²) < 4.78 is 55.2. The normalized spacial score (nSPS) is 19.6. The molecule has 2 unspecified atom stereocenters. The maximum Gasteiger partial charge on any atom is 0.305 e. The van der Waals surface area contributed by atoms with Crippen LogP contribution in [-0.2, 0) is 19.6 Å². The Labute approximate surface area is 229 Å². The third-order valence-electron chi connectivity index (χ3n) is 7.15. The van der Waals surface area contributed by atoms with E-state index in [2.05, 4.69) is 5.32 Å². The van der Waals surface area contributed by atoms with Crippen LogP contribution in [0.5, 0.6) is 0 Å². The molecule has 2 N–H and O–H groups in total. The number of sulfonamides is 1. The van der Waals surface area contributed by atoms with Gasteiger partial charge in [0.05, 0.1) is 16.3 Å². The van der Waals surface area contributed by atoms with Gasteiger partial charge in [-0.3, -0.25) is 14.4 Å². The Hall–Kier alpha value is -3.09. The summed E-state index contributed by atoms with van der Waals surface area (Å²) >= 11 is 5.81. The molecule has 0 aromatic heterocycles. The number of halogens is 3. The smallest absolute Gasteiger partial charge is 0.305 e. The molecule has 1 aliphatic carbocycles. The SMILES string of the molecule is O=C(O)CC(NC(=O)C1N(C(=O)c2ccc(F)cc2)CCN1S(=O)(=O)c1ccc(F)c(Cl)c1)C1CCCCC1. The Morgan fingerprint density at radius 2 is 1.69 bits per heavy atom. The summed E-state index contributed by atoms with van der Waals surface area (Å²) in [6, 6.07) is 6.61. The maximum atomic E-state index is 13.7. The van der Waals surface area contributed by atoms with Gasteiger partial charge in [-0.25, -0.2) is 17.2 Å². The Morgan fingerprint density at radius 1 is 1.03 bits per heavy atom. The molecule has 2 aromatic rings. The second kappa shape index (κ2) is 12.0. The van der Waals surface area contributed by atoms with Crippen LogP contribution in [0, 0.1) is 17.6 Å². The Balaban J connectivity index is 1.70. The Morgan fingerprint density at radius 3 is 2.31 bits per heavy atom. The molecular weight excluding hydrogens is 556 g/mol. The first-order valence-corrected chi connectivity index (χ1v) is 14.4. The van der Waals surface area contributed by atoms with Crippen LogP contribution >= 0.6 is 11.6 Å². The van der Waals surface area contributed by atoms with Gasteiger partial charge >= 0.3 is 5.97 Å². The van der Waals surface area contributed by atoms with Gasteiger partial charge in [0, 0.05) is 24.7 Å². The van der Waals surface area contributed by atoms with E-state index in [0.717, 1.165) is 58.8 Å². The fourth-order valence-electron chi connectivity index (χ4n) is 5.19. The predicted octanol–water partition coefficient (Wildman–Crippen LogP) is 3.63. The van der Waals surface area contributed by atoms with Crippen LogP contribution < -0.4 is 5.32 Å². The molecule has 39 heavy (non-hydrogen) atoms. The molecule has 1 aliphatic heterocycles. The van der Waals surface area contributed by atoms with Crippen molar-refractivity contribution in [2.24, 2.45) is 5.92 Å². The van der Waals surface area contributed by atoms with E-state index in [1.807, 2.05) is 0 Å². The molecule has 9 nitrogen and oxygen atoms in total. The van der Waals surface area contributed by atoms with E-state index in [4.69, 9.17) is 11.6 Å². The molecule has 0 spiro atoms. The summed E-state index contributed by atoms with van der Waals surface area (Å²) in [5.74, 6) is -4.23. The monoisotopic (exact) mass is 583 g/mol. The molecule has 1 heterocycles. The summed E-state index contributed by atoms with van der Waals surface area (Å²) in [7, 11) is -4.46. The number of hydrogen-bond acceptors (Lipinski definition) is 5. The zero-order chi connectivity index (χ0) is 28.3. The molecule has 1 saturated heterocycles. The number of carbonyl (C=O) groups excluding carboxylic acids is 2. The van der Waals surface area contributed by atoms with E-state index in [0.29, 0.717) is 12.8 Å². The minimum Gasteiger partial charge on any atom is -0.481 e. The highest BCUT2D eigenvalue weighted by molar-refractivity contribution is 7.89. The third kappa shape index (κ3) is 6.39. The molecule has 2 atom stereocenters. The highest BCUT2D eigenvalue weighted by atomic mass is 35.5. The van der Waals surface area contributed by atoms with Gasteiger partial charge in [0.25, 0.3) is 11.8 Å². The zero-order valence-electron chi connectivity index (χ0n) is 20.9. The molecule has 4 rings (SSSR count). The quantitative estimate of drug-likeness (QED) is 0.489. The summed E-state index contributed by atoms with van der Waals surface area (Å²) in [5, 5.41) is 11.8. The van der Waals surface area contributed by atoms with Crippen LogP contribution in [0.25, 0.3) is 0 Å². The van der Waals surface area contributed by atoms with Gasteiger partial charge in [-0.2, -0.15) is 4.31 Å². The summed E-state index contributed by atoms with van der Waals surface area (Å²) in [5.41, 5.74) is 0.0349. The maximum absolute atomic E-state index is 13.7. The van der Waals surface area contributed by atoms with Gasteiger partial charge in [-0.15, -0.1) is 0 Å². The van der Waals surface area contributed by atoms with Crippen molar-refractivity contribution in [3.8, 4) is 0 Å². The first kappa shape index (κ1) is 28.9. The van der Waals surface area contributed by atoms with Gasteiger partial charge < -0.3 is 15.3 Å². The topological polar surface area (TPSA) is 124 Å². The molecule has 2 aliphatic rings. The van der Waals surface area contributed by atoms with E-state index < -0.39 is 56.7 Å². The minimum absolute atomic E-state index is 0.0349. The lowest BCUT2D eigenvalue weighted by Crippen LogP contribution is -2.56. The van der Waals surface area contributed by atoms with Crippen molar-refractivity contribution in [1.82, 2.24) is 14.5 Å². The lowest BCUT2D eigenvalue weighted by Gasteiger charge is -2.34. The number of carboxylic acid groups (broad SMARTS) is 1. The standard InChI is InChI=1S/C26H28ClF2N3O6S/c27-20-14-19(10-11-21(20)29)39(37,38)32-13-12-31(26(36)17-6-8-18(28)9-7-17)25(32)24(35)30-22(15-23(33)34)16-4-2-1-3-5-16/h6-11,14,16,22,25H,1-5,12-13,15H2,(H,30,35)(H,33,34). The largest absolute Gasteiger partial charge is 0.481 e. The number of benzene rings is 2. The average Bonchev–Trinajstić information content (AvgIpc) is 3.36. The first-order chi connectivity index (χ1) is 18.5. The average molecular weight is 584 g/mol. The van der Waals surface area contributed by atoms with Crippen molar-refractivity contribution < 1.29 is 36.7 Å². The van der Waals surface area contributed by atoms with Crippen molar-refractivity contribution >= 4 is 39.4 Å². The van der Waals surface area contributed by atoms with Crippen LogP contribution in [0.4, 0.5) is 8.78 Å². The molecule has 2 amide bonds. The van der Waals surface area contributed by atoms with E-state index in [1.165, 1.54) is 12.1 Å². The number of hydrogen-bond donors (Lipinski definition) is 2. The van der Waals surface area contributed by atoms with E-state index >= 15 is 0 Å². The van der Waals surface area contributed by atoms with Gasteiger partial charge in [0.15, 0.2) is 6.17 Å². The van der Waals surface area contributed by atoms with Crippen LogP contribution in [-0.4, -0.2) is 65.8 Å². The van der Waals surface area contributed by atoms with Crippen molar-refractivity contribution in [3.05, 3.63) is 64.7 Å². The lowest BCUT2D eigenvalue weighted by atomic mass is 9.82. The zero-order valence-corrected chi connectivity index (χ0v) is 22.4. The summed E-state index contributed by atoms with van der Waals surface area (Å²) in [6.45, 7) is -0.440. The predicted molar refractivity (Wildman–Crippen MR) is 137 cm³/mol. The minimum atomic E-state index is -4.46. The molecule has 1 saturated carbocycles. The van der Waals surface area contributed by atoms with Gasteiger partial charge in [-0.05, 0) is 61.2 Å². The second-order valence-corrected chi connectivity index (χ2v) is 12.0. The van der Waals surface area contributed by atoms with Gasteiger partial charge in [0.2, 0.25) is 10.0 Å². The van der Waals surface area contributed by atoms with Crippen molar-refractivity contribution in [2.45, 2.75) is 55.6 Å². The summed E-state index contributed by atoms with van der Waals surface area (Å²) in [4.78, 5) is 39.4. The van der Waals surface area contributed by atoms with Crippen LogP contribution in [0.2, 0.25) is 5.02 Å². The number of nitrogens with one attached hydrogen (secondary N) is 1. The number of nitrogens with zero attached hydrogens (tertiary/aromatic N) is 2. The Kier molecular flexibility index (Phi) is 8.87. The molecule has 2 fully saturated rings. The molecule has 13 heteroatoms. The van der Waals surface area contributed by atoms with Gasteiger partial charge in [0.1, 0.15) is 11.6 Å². The number of carboxylic acids is 1. The van der Waals surface area contributed by atoms with E-state index in [-0.39, 0.29) is 35.9 Å². The highest BCUT2D eigenvalue weighted by Crippen LogP contribution is 2.31. The molecule has 0 radical (unpaired) electrons. The molecule has 210 valence electrons. The second-order valence-electron chi connectivity index (χ2n) is 9.68. The lowest BCUT2D eigenvalue weighted by molar-refractivity contribution is -0.138. The fraction of sp³-hybridized carbons (Fsp3) is 0.423. The highest BCUT2D eigenvalue weighted by Gasteiger charge is 2.47.